The average molecular weight is 391 g/mol. The number of carbonyl (C=O) groups excluding carboxylic acids is 1. The molecule has 29 heavy (non-hydrogen) atoms. The summed E-state index contributed by atoms with van der Waals surface area (Å²) in [6, 6.07) is 11.0. The van der Waals surface area contributed by atoms with Gasteiger partial charge in [-0.3, -0.25) is 19.4 Å². The Bertz CT molecular complexity index is 957. The lowest BCUT2D eigenvalue weighted by Gasteiger charge is -2.23. The van der Waals surface area contributed by atoms with Crippen LogP contribution in [0.25, 0.3) is 0 Å². The number of nitrogens with zero attached hydrogens (tertiary/aromatic N) is 4. The summed E-state index contributed by atoms with van der Waals surface area (Å²) >= 11 is 0. The van der Waals surface area contributed by atoms with Crippen LogP contribution in [0.1, 0.15) is 25.3 Å². The first-order valence-electron chi connectivity index (χ1n) is 9.96. The van der Waals surface area contributed by atoms with E-state index < -0.39 is 0 Å². The van der Waals surface area contributed by atoms with Gasteiger partial charge in [0.25, 0.3) is 0 Å². The Hall–Kier alpha value is -3.19. The van der Waals surface area contributed by atoms with Crippen molar-refractivity contribution in [2.75, 3.05) is 11.9 Å². The van der Waals surface area contributed by atoms with Crippen LogP contribution >= 0.6 is 0 Å². The van der Waals surface area contributed by atoms with E-state index in [4.69, 9.17) is 4.74 Å². The van der Waals surface area contributed by atoms with Crippen LogP contribution < -0.4 is 10.1 Å². The normalized spacial score (nSPS) is 16.7. The quantitative estimate of drug-likeness (QED) is 0.665. The van der Waals surface area contributed by atoms with Crippen molar-refractivity contribution < 1.29 is 9.53 Å². The minimum Gasteiger partial charge on any atom is -0.454 e. The van der Waals surface area contributed by atoms with Crippen LogP contribution in [0.15, 0.2) is 61.2 Å². The van der Waals surface area contributed by atoms with E-state index >= 15 is 0 Å². The van der Waals surface area contributed by atoms with Gasteiger partial charge in [0.2, 0.25) is 5.91 Å². The number of pyridine rings is 1. The van der Waals surface area contributed by atoms with Gasteiger partial charge in [-0.05, 0) is 50.6 Å². The van der Waals surface area contributed by atoms with Crippen molar-refractivity contribution in [2.24, 2.45) is 0 Å². The number of rotatable bonds is 7. The van der Waals surface area contributed by atoms with Crippen molar-refractivity contribution in [3.8, 4) is 11.5 Å². The Balaban J connectivity index is 1.44. The van der Waals surface area contributed by atoms with Crippen LogP contribution in [-0.2, 0) is 17.9 Å². The van der Waals surface area contributed by atoms with Crippen LogP contribution in [0.2, 0.25) is 0 Å². The van der Waals surface area contributed by atoms with Gasteiger partial charge < -0.3 is 10.1 Å². The van der Waals surface area contributed by atoms with Crippen molar-refractivity contribution >= 4 is 11.6 Å². The maximum atomic E-state index is 13.0. The lowest BCUT2D eigenvalue weighted by atomic mass is 10.2. The second-order valence-electron chi connectivity index (χ2n) is 7.11. The van der Waals surface area contributed by atoms with Gasteiger partial charge in [0.1, 0.15) is 5.75 Å². The molecule has 1 unspecified atom stereocenters. The summed E-state index contributed by atoms with van der Waals surface area (Å²) in [6.45, 7) is 4.54. The summed E-state index contributed by atoms with van der Waals surface area (Å²) in [5.74, 6) is 1.22. The highest BCUT2D eigenvalue weighted by molar-refractivity contribution is 5.96. The summed E-state index contributed by atoms with van der Waals surface area (Å²) < 4.78 is 7.82. The molecule has 3 aromatic rings. The molecule has 150 valence electrons. The molecule has 2 aromatic heterocycles. The van der Waals surface area contributed by atoms with E-state index in [1.807, 2.05) is 53.5 Å². The lowest BCUT2D eigenvalue weighted by Crippen LogP contribution is -2.39. The van der Waals surface area contributed by atoms with E-state index in [1.54, 1.807) is 12.4 Å². The molecule has 4 rings (SSSR count). The predicted octanol–water partition coefficient (Wildman–Crippen LogP) is 3.69. The summed E-state index contributed by atoms with van der Waals surface area (Å²) in [7, 11) is 0. The van der Waals surface area contributed by atoms with E-state index in [0.717, 1.165) is 38.0 Å². The lowest BCUT2D eigenvalue weighted by molar-refractivity contribution is -0.120. The highest BCUT2D eigenvalue weighted by atomic mass is 16.5. The van der Waals surface area contributed by atoms with E-state index in [-0.39, 0.29) is 11.9 Å². The number of aromatic nitrogens is 3. The van der Waals surface area contributed by atoms with Gasteiger partial charge in [-0.1, -0.05) is 12.1 Å². The van der Waals surface area contributed by atoms with E-state index in [9.17, 15) is 4.79 Å². The molecule has 0 radical (unpaired) electrons. The van der Waals surface area contributed by atoms with Crippen molar-refractivity contribution in [3.05, 3.63) is 66.7 Å². The van der Waals surface area contributed by atoms with Gasteiger partial charge in [-0.2, -0.15) is 5.10 Å². The molecule has 1 amide bonds. The van der Waals surface area contributed by atoms with Gasteiger partial charge >= 0.3 is 0 Å². The molecule has 1 aromatic carbocycles. The Morgan fingerprint density at radius 3 is 2.93 bits per heavy atom. The molecular weight excluding hydrogens is 366 g/mol. The number of amides is 1. The number of carbonyl (C=O) groups is 1. The van der Waals surface area contributed by atoms with Gasteiger partial charge in [0, 0.05) is 31.0 Å². The van der Waals surface area contributed by atoms with Crippen LogP contribution in [0.4, 0.5) is 5.69 Å². The number of hydrogen-bond donors (Lipinski definition) is 1. The Morgan fingerprint density at radius 1 is 1.24 bits per heavy atom. The third kappa shape index (κ3) is 4.63. The van der Waals surface area contributed by atoms with E-state index in [0.29, 0.717) is 17.2 Å². The van der Waals surface area contributed by atoms with Crippen molar-refractivity contribution in [1.29, 1.82) is 0 Å². The van der Waals surface area contributed by atoms with E-state index in [2.05, 4.69) is 27.2 Å². The SMILES string of the molecule is CCn1cc(CN2CCCC2C(=O)Nc2ccccc2Oc2cccnc2)cn1. The molecule has 3 heterocycles. The molecule has 7 heteroatoms. The highest BCUT2D eigenvalue weighted by Gasteiger charge is 2.31. The zero-order valence-corrected chi connectivity index (χ0v) is 16.5. The van der Waals surface area contributed by atoms with Crippen molar-refractivity contribution in [3.63, 3.8) is 0 Å². The number of benzene rings is 1. The molecule has 7 nitrogen and oxygen atoms in total. The number of likely N-dealkylation sites (tertiary alicyclic amines) is 1. The Morgan fingerprint density at radius 2 is 2.14 bits per heavy atom. The van der Waals surface area contributed by atoms with Gasteiger partial charge in [-0.25, -0.2) is 0 Å². The standard InChI is InChI=1S/C22H25N5O2/c1-2-27-16-17(13-24-27)15-26-12-6-9-20(26)22(28)25-19-8-3-4-10-21(19)29-18-7-5-11-23-14-18/h3-5,7-8,10-11,13-14,16,20H,2,6,9,12,15H2,1H3,(H,25,28). The highest BCUT2D eigenvalue weighted by Crippen LogP contribution is 2.30. The number of ether oxygens (including phenoxy) is 1. The maximum absolute atomic E-state index is 13.0. The van der Waals surface area contributed by atoms with Crippen LogP contribution in [0.5, 0.6) is 11.5 Å². The smallest absolute Gasteiger partial charge is 0.241 e. The molecule has 0 saturated carbocycles. The Labute approximate surface area is 170 Å². The number of nitrogens with one attached hydrogen (secondary N) is 1. The molecular formula is C22H25N5O2. The maximum Gasteiger partial charge on any atom is 0.241 e. The van der Waals surface area contributed by atoms with Crippen molar-refractivity contribution in [1.82, 2.24) is 19.7 Å². The number of anilines is 1. The first-order valence-corrected chi connectivity index (χ1v) is 9.96. The zero-order valence-electron chi connectivity index (χ0n) is 16.5. The van der Waals surface area contributed by atoms with Gasteiger partial charge in [0.05, 0.1) is 24.1 Å². The predicted molar refractivity (Wildman–Crippen MR) is 111 cm³/mol. The Kier molecular flexibility index (Phi) is 5.86. The molecule has 1 N–H and O–H groups in total. The first-order chi connectivity index (χ1) is 14.2. The fourth-order valence-corrected chi connectivity index (χ4v) is 3.62. The molecule has 1 fully saturated rings. The van der Waals surface area contributed by atoms with E-state index in [1.165, 1.54) is 0 Å². The second-order valence-corrected chi connectivity index (χ2v) is 7.11. The van der Waals surface area contributed by atoms with Crippen LogP contribution in [0, 0.1) is 0 Å². The molecule has 0 bridgehead atoms. The molecule has 1 aliphatic heterocycles. The fraction of sp³-hybridized carbons (Fsp3) is 0.318. The third-order valence-corrected chi connectivity index (χ3v) is 5.07. The van der Waals surface area contributed by atoms with Crippen LogP contribution in [0.3, 0.4) is 0 Å². The second kappa shape index (κ2) is 8.87. The van der Waals surface area contributed by atoms with Gasteiger partial charge in [-0.15, -0.1) is 0 Å². The third-order valence-electron chi connectivity index (χ3n) is 5.07. The van der Waals surface area contributed by atoms with Crippen molar-refractivity contribution in [2.45, 2.75) is 38.9 Å². The number of aryl methyl sites for hydroxylation is 1. The summed E-state index contributed by atoms with van der Waals surface area (Å²) in [4.78, 5) is 19.3. The minimum atomic E-state index is -0.161. The number of para-hydroxylation sites is 2. The average Bonchev–Trinajstić information content (AvgIpc) is 3.40. The molecule has 1 aliphatic rings. The monoisotopic (exact) mass is 391 g/mol. The molecule has 1 saturated heterocycles. The zero-order chi connectivity index (χ0) is 20.1. The largest absolute Gasteiger partial charge is 0.454 e. The topological polar surface area (TPSA) is 72.3 Å². The van der Waals surface area contributed by atoms with Gasteiger partial charge in [0.15, 0.2) is 5.75 Å². The first kappa shape index (κ1) is 19.1. The fourth-order valence-electron chi connectivity index (χ4n) is 3.62. The summed E-state index contributed by atoms with van der Waals surface area (Å²) in [5, 5.41) is 7.39. The summed E-state index contributed by atoms with van der Waals surface area (Å²) in [6.07, 6.45) is 9.12. The molecule has 1 atom stereocenters. The summed E-state index contributed by atoms with van der Waals surface area (Å²) in [5.41, 5.74) is 1.79. The minimum absolute atomic E-state index is 0.00683. The molecule has 0 spiro atoms. The number of hydrogen-bond acceptors (Lipinski definition) is 5. The van der Waals surface area contributed by atoms with Crippen LogP contribution in [-0.4, -0.2) is 38.2 Å². The molecule has 0 aliphatic carbocycles.